The maximum absolute atomic E-state index is 13.9. The van der Waals surface area contributed by atoms with E-state index in [1.54, 1.807) is 10.4 Å². The summed E-state index contributed by atoms with van der Waals surface area (Å²) in [4.78, 5) is 47.4. The van der Waals surface area contributed by atoms with Gasteiger partial charge in [-0.05, 0) is 42.9 Å². The van der Waals surface area contributed by atoms with E-state index in [-0.39, 0.29) is 30.1 Å². The van der Waals surface area contributed by atoms with E-state index in [1.807, 2.05) is 19.2 Å². The lowest BCUT2D eigenvalue weighted by atomic mass is 9.82. The Bertz CT molecular complexity index is 1060. The summed E-state index contributed by atoms with van der Waals surface area (Å²) in [6.07, 6.45) is 5.40. The third-order valence-corrected chi connectivity index (χ3v) is 10.1. The van der Waals surface area contributed by atoms with Crippen molar-refractivity contribution in [3.63, 3.8) is 0 Å². The number of hydrogen-bond donors (Lipinski definition) is 4. The monoisotopic (exact) mass is 634 g/mol. The van der Waals surface area contributed by atoms with Crippen LogP contribution in [0.5, 0.6) is 0 Å². The van der Waals surface area contributed by atoms with Gasteiger partial charge in [0.15, 0.2) is 0 Å². The van der Waals surface area contributed by atoms with Gasteiger partial charge in [0.05, 0.1) is 48.4 Å². The highest BCUT2D eigenvalue weighted by Crippen LogP contribution is 2.51. The molecule has 4 rings (SSSR count). The van der Waals surface area contributed by atoms with E-state index in [1.165, 1.54) is 17.8 Å². The highest BCUT2D eigenvalue weighted by molar-refractivity contribution is 7.07. The lowest BCUT2D eigenvalue weighted by Gasteiger charge is -2.33. The Hall–Kier alpha value is -2.08. The molecule has 4 N–H and O–H groups in total. The van der Waals surface area contributed by atoms with Gasteiger partial charge in [0.1, 0.15) is 12.1 Å². The molecule has 3 fully saturated rings. The first kappa shape index (κ1) is 34.8. The highest BCUT2D eigenvalue weighted by Gasteiger charge is 2.59. The summed E-state index contributed by atoms with van der Waals surface area (Å²) in [7, 11) is 0. The molecule has 1 saturated heterocycles. The largest absolute Gasteiger partial charge is 0.390 e. The minimum absolute atomic E-state index is 0.00517. The summed E-state index contributed by atoms with van der Waals surface area (Å²) in [5.41, 5.74) is 2.39. The molecule has 0 spiro atoms. The van der Waals surface area contributed by atoms with Crippen molar-refractivity contribution in [3.8, 4) is 0 Å². The number of nitrogens with one attached hydrogen (secondary N) is 2. The molecule has 3 amide bonds. The van der Waals surface area contributed by atoms with Crippen molar-refractivity contribution in [1.29, 1.82) is 0 Å². The lowest BCUT2D eigenvalue weighted by molar-refractivity contribution is -0.138. The highest BCUT2D eigenvalue weighted by atomic mass is 32.1. The normalized spacial score (nSPS) is 25.4. The van der Waals surface area contributed by atoms with E-state index in [0.717, 1.165) is 32.1 Å². The summed E-state index contributed by atoms with van der Waals surface area (Å²) >= 11 is 1.42. The van der Waals surface area contributed by atoms with Crippen molar-refractivity contribution in [3.05, 3.63) is 16.6 Å². The molecule has 10 nitrogen and oxygen atoms in total. The van der Waals surface area contributed by atoms with Crippen LogP contribution in [-0.4, -0.2) is 88.4 Å². The van der Waals surface area contributed by atoms with E-state index < -0.39 is 42.0 Å². The van der Waals surface area contributed by atoms with E-state index in [9.17, 15) is 24.6 Å². The van der Waals surface area contributed by atoms with Crippen LogP contribution < -0.4 is 10.6 Å². The molecule has 3 aliphatic rings. The standard InChI is InChI=1S/C33H54N4O6S/c1-20(2)14-24-28(29(24)33(42)37-10-12-43-13-11-37)32(41)36-26(17-23-18-44-19-34-23)31(40)35-25(16-22-8-6-5-7-9-22)30(39)27(38)15-21(3)4/h18-22,24-30,38-39H,5-17H2,1-4H3,(H,35,40)(H,36,41)/t24-,25+,26+,27+,28-,29-,30-/m1/s1. The molecule has 1 aromatic rings. The third-order valence-electron chi connectivity index (χ3n) is 9.51. The number of ether oxygens (including phenoxy) is 1. The summed E-state index contributed by atoms with van der Waals surface area (Å²) in [5.74, 6) is -0.784. The molecule has 0 aromatic carbocycles. The number of aliphatic hydroxyl groups excluding tert-OH is 2. The topological polar surface area (TPSA) is 141 Å². The Morgan fingerprint density at radius 3 is 2.32 bits per heavy atom. The first-order valence-electron chi connectivity index (χ1n) is 16.8. The van der Waals surface area contributed by atoms with Gasteiger partial charge in [0.25, 0.3) is 0 Å². The number of morpholine rings is 1. The second-order valence-electron chi connectivity index (χ2n) is 14.1. The summed E-state index contributed by atoms with van der Waals surface area (Å²) in [6.45, 7) is 10.2. The van der Waals surface area contributed by atoms with Crippen molar-refractivity contribution in [1.82, 2.24) is 20.5 Å². The summed E-state index contributed by atoms with van der Waals surface area (Å²) < 4.78 is 5.42. The molecule has 0 unspecified atom stereocenters. The van der Waals surface area contributed by atoms with Gasteiger partial charge < -0.3 is 30.5 Å². The predicted molar refractivity (Wildman–Crippen MR) is 170 cm³/mol. The first-order valence-corrected chi connectivity index (χ1v) is 17.7. The van der Waals surface area contributed by atoms with Crippen LogP contribution >= 0.6 is 11.3 Å². The predicted octanol–water partition coefficient (Wildman–Crippen LogP) is 3.16. The average Bonchev–Trinajstić information content (AvgIpc) is 3.44. The van der Waals surface area contributed by atoms with Crippen LogP contribution in [0.1, 0.15) is 84.8 Å². The van der Waals surface area contributed by atoms with Crippen molar-refractivity contribution in [2.24, 2.45) is 35.5 Å². The van der Waals surface area contributed by atoms with Crippen LogP contribution in [0.15, 0.2) is 10.9 Å². The number of carbonyl (C=O) groups is 3. The molecular weight excluding hydrogens is 580 g/mol. The number of nitrogens with zero attached hydrogens (tertiary/aromatic N) is 2. The molecule has 248 valence electrons. The fourth-order valence-corrected chi connectivity index (χ4v) is 7.74. The molecule has 1 aromatic heterocycles. The van der Waals surface area contributed by atoms with Gasteiger partial charge in [-0.25, -0.2) is 4.98 Å². The second kappa shape index (κ2) is 16.5. The zero-order valence-electron chi connectivity index (χ0n) is 27.0. The molecular formula is C33H54N4O6S. The quantitative estimate of drug-likeness (QED) is 0.232. The third kappa shape index (κ3) is 9.71. The Morgan fingerprint density at radius 2 is 1.70 bits per heavy atom. The van der Waals surface area contributed by atoms with Gasteiger partial charge in [0, 0.05) is 24.9 Å². The van der Waals surface area contributed by atoms with Gasteiger partial charge >= 0.3 is 0 Å². The van der Waals surface area contributed by atoms with Gasteiger partial charge in [-0.2, -0.15) is 0 Å². The van der Waals surface area contributed by atoms with Gasteiger partial charge in [-0.1, -0.05) is 59.8 Å². The molecule has 2 heterocycles. The molecule has 11 heteroatoms. The number of aromatic nitrogens is 1. The smallest absolute Gasteiger partial charge is 0.243 e. The Morgan fingerprint density at radius 1 is 1.00 bits per heavy atom. The minimum atomic E-state index is -1.12. The van der Waals surface area contributed by atoms with Crippen molar-refractivity contribution in [2.75, 3.05) is 26.3 Å². The lowest BCUT2D eigenvalue weighted by Crippen LogP contribution is -2.56. The van der Waals surface area contributed by atoms with Crippen molar-refractivity contribution >= 4 is 29.1 Å². The van der Waals surface area contributed by atoms with Crippen LogP contribution in [0, 0.1) is 35.5 Å². The maximum atomic E-state index is 13.9. The average molecular weight is 635 g/mol. The Labute approximate surface area is 266 Å². The zero-order valence-corrected chi connectivity index (χ0v) is 27.8. The number of carbonyl (C=O) groups excluding carboxylic acids is 3. The van der Waals surface area contributed by atoms with Gasteiger partial charge in [-0.15, -0.1) is 11.3 Å². The number of rotatable bonds is 15. The minimum Gasteiger partial charge on any atom is -0.390 e. The van der Waals surface area contributed by atoms with Crippen molar-refractivity contribution in [2.45, 2.75) is 110 Å². The van der Waals surface area contributed by atoms with Crippen LogP contribution in [0.4, 0.5) is 0 Å². The molecule has 7 atom stereocenters. The summed E-state index contributed by atoms with van der Waals surface area (Å²) in [6, 6.07) is -1.56. The van der Waals surface area contributed by atoms with E-state index in [0.29, 0.717) is 56.7 Å². The maximum Gasteiger partial charge on any atom is 0.243 e. The van der Waals surface area contributed by atoms with Crippen LogP contribution in [0.3, 0.4) is 0 Å². The van der Waals surface area contributed by atoms with Gasteiger partial charge in [0.2, 0.25) is 17.7 Å². The molecule has 44 heavy (non-hydrogen) atoms. The van der Waals surface area contributed by atoms with Crippen LogP contribution in [-0.2, 0) is 25.5 Å². The Kier molecular flexibility index (Phi) is 13.0. The molecule has 2 aliphatic carbocycles. The Balaban J connectivity index is 1.49. The van der Waals surface area contributed by atoms with E-state index in [2.05, 4.69) is 29.5 Å². The van der Waals surface area contributed by atoms with E-state index in [4.69, 9.17) is 4.74 Å². The van der Waals surface area contributed by atoms with Gasteiger partial charge in [-0.3, -0.25) is 14.4 Å². The molecule has 1 aliphatic heterocycles. The van der Waals surface area contributed by atoms with Crippen LogP contribution in [0.25, 0.3) is 0 Å². The summed E-state index contributed by atoms with van der Waals surface area (Å²) in [5, 5.41) is 30.0. The first-order chi connectivity index (χ1) is 21.0. The van der Waals surface area contributed by atoms with E-state index >= 15 is 0 Å². The number of amides is 3. The fourth-order valence-electron chi connectivity index (χ4n) is 7.16. The molecule has 0 bridgehead atoms. The second-order valence-corrected chi connectivity index (χ2v) is 14.8. The SMILES string of the molecule is CC(C)C[C@@H]1[C@@H](C(=O)N[C@@H](Cc2cscn2)C(=O)N[C@@H](CC2CCCCC2)[C@@H](O)[C@@H](O)CC(C)C)[C@@H]1C(=O)N1CCOCC1. The number of aliphatic hydroxyl groups is 2. The molecule has 2 saturated carbocycles. The van der Waals surface area contributed by atoms with Crippen LogP contribution in [0.2, 0.25) is 0 Å². The zero-order chi connectivity index (χ0) is 31.8. The fraction of sp³-hybridized carbons (Fsp3) is 0.818. The molecule has 0 radical (unpaired) electrons. The number of thiazole rings is 1. The van der Waals surface area contributed by atoms with Crippen molar-refractivity contribution < 1.29 is 29.3 Å². The number of hydrogen-bond acceptors (Lipinski definition) is 8.